The minimum atomic E-state index is -0.695. The first-order valence-corrected chi connectivity index (χ1v) is 5.17. The molecule has 88 valence electrons. The second kappa shape index (κ2) is 7.23. The molecule has 0 fully saturated rings. The van der Waals surface area contributed by atoms with Crippen molar-refractivity contribution in [1.82, 2.24) is 10.6 Å². The monoisotopic (exact) mass is 216 g/mol. The van der Waals surface area contributed by atoms with Gasteiger partial charge in [0.15, 0.2) is 0 Å². The normalized spacial score (nSPS) is 12.3. The molecule has 0 aromatic carbocycles. The Labute approximate surface area is 90.2 Å². The average molecular weight is 216 g/mol. The number of carbonyl (C=O) groups excluding carboxylic acids is 2. The first-order valence-electron chi connectivity index (χ1n) is 5.17. The van der Waals surface area contributed by atoms with Crippen LogP contribution in [0.5, 0.6) is 0 Å². The van der Waals surface area contributed by atoms with E-state index in [0.29, 0.717) is 12.5 Å². The second-order valence-corrected chi connectivity index (χ2v) is 4.00. The molecule has 0 aromatic rings. The molecule has 5 nitrogen and oxygen atoms in total. The summed E-state index contributed by atoms with van der Waals surface area (Å²) in [6, 6.07) is 0. The maximum atomic E-state index is 11.1. The van der Waals surface area contributed by atoms with Crippen molar-refractivity contribution in [2.24, 2.45) is 5.92 Å². The molecule has 5 heteroatoms. The summed E-state index contributed by atoms with van der Waals surface area (Å²) < 4.78 is 0. The summed E-state index contributed by atoms with van der Waals surface area (Å²) in [5.41, 5.74) is 0. The Kier molecular flexibility index (Phi) is 6.70. The van der Waals surface area contributed by atoms with Crippen molar-refractivity contribution in [1.29, 1.82) is 0 Å². The zero-order valence-electron chi connectivity index (χ0n) is 9.54. The Morgan fingerprint density at radius 1 is 1.13 bits per heavy atom. The van der Waals surface area contributed by atoms with Gasteiger partial charge in [-0.3, -0.25) is 9.59 Å². The minimum absolute atomic E-state index is 0.0937. The maximum absolute atomic E-state index is 11.1. The number of hydrogen-bond donors (Lipinski definition) is 3. The molecule has 0 saturated heterocycles. The van der Waals surface area contributed by atoms with Crippen molar-refractivity contribution in [2.45, 2.75) is 33.3 Å². The number of aliphatic hydroxyl groups is 1. The molecule has 0 bridgehead atoms. The van der Waals surface area contributed by atoms with Gasteiger partial charge in [0.05, 0.1) is 6.10 Å². The van der Waals surface area contributed by atoms with Gasteiger partial charge in [-0.25, -0.2) is 0 Å². The van der Waals surface area contributed by atoms with Gasteiger partial charge in [-0.1, -0.05) is 13.8 Å². The van der Waals surface area contributed by atoms with Crippen molar-refractivity contribution in [3.63, 3.8) is 0 Å². The summed E-state index contributed by atoms with van der Waals surface area (Å²) in [7, 11) is 0. The molecule has 3 N–H and O–H groups in total. The number of carbonyl (C=O) groups is 2. The molecular formula is C10H20N2O3. The Morgan fingerprint density at radius 2 is 1.67 bits per heavy atom. The number of aliphatic hydroxyl groups excluding tert-OH is 1. The zero-order valence-corrected chi connectivity index (χ0v) is 9.54. The number of hydrogen-bond acceptors (Lipinski definition) is 3. The summed E-state index contributed by atoms with van der Waals surface area (Å²) in [6.45, 7) is 6.21. The third-order valence-corrected chi connectivity index (χ3v) is 1.77. The van der Waals surface area contributed by atoms with Gasteiger partial charge in [-0.15, -0.1) is 0 Å². The standard InChI is InChI=1S/C10H20N2O3/c1-7(2)4-5-11-9(14)10(15)12-6-8(3)13/h7-8,13H,4-6H2,1-3H3,(H,11,14)(H,12,15). The Morgan fingerprint density at radius 3 is 2.13 bits per heavy atom. The van der Waals surface area contributed by atoms with Crippen LogP contribution < -0.4 is 10.6 Å². The van der Waals surface area contributed by atoms with E-state index in [4.69, 9.17) is 5.11 Å². The van der Waals surface area contributed by atoms with Crippen LogP contribution in [0.1, 0.15) is 27.2 Å². The SMILES string of the molecule is CC(C)CCNC(=O)C(=O)NCC(C)O. The molecule has 0 spiro atoms. The average Bonchev–Trinajstić information content (AvgIpc) is 2.13. The molecule has 0 saturated carbocycles. The summed E-state index contributed by atoms with van der Waals surface area (Å²) in [4.78, 5) is 22.2. The van der Waals surface area contributed by atoms with E-state index in [1.807, 2.05) is 13.8 Å². The van der Waals surface area contributed by atoms with Crippen LogP contribution in [0.2, 0.25) is 0 Å². The number of amides is 2. The molecule has 0 aliphatic heterocycles. The van der Waals surface area contributed by atoms with Gasteiger partial charge in [0, 0.05) is 13.1 Å². The minimum Gasteiger partial charge on any atom is -0.392 e. The van der Waals surface area contributed by atoms with E-state index >= 15 is 0 Å². The molecule has 0 aliphatic carbocycles. The molecule has 0 heterocycles. The second-order valence-electron chi connectivity index (χ2n) is 4.00. The quantitative estimate of drug-likeness (QED) is 0.549. The van der Waals surface area contributed by atoms with Gasteiger partial charge in [0.2, 0.25) is 0 Å². The van der Waals surface area contributed by atoms with Crippen LogP contribution in [0.15, 0.2) is 0 Å². The van der Waals surface area contributed by atoms with E-state index in [0.717, 1.165) is 6.42 Å². The van der Waals surface area contributed by atoms with Gasteiger partial charge in [-0.05, 0) is 19.3 Å². The summed E-state index contributed by atoms with van der Waals surface area (Å²) in [5.74, 6) is -0.846. The Balaban J connectivity index is 3.65. The van der Waals surface area contributed by atoms with E-state index in [1.165, 1.54) is 6.92 Å². The molecule has 0 rings (SSSR count). The van der Waals surface area contributed by atoms with E-state index in [1.54, 1.807) is 0 Å². The lowest BCUT2D eigenvalue weighted by molar-refractivity contribution is -0.139. The van der Waals surface area contributed by atoms with Crippen LogP contribution in [0.4, 0.5) is 0 Å². The van der Waals surface area contributed by atoms with Crippen LogP contribution in [0.25, 0.3) is 0 Å². The first-order chi connectivity index (χ1) is 6.93. The lowest BCUT2D eigenvalue weighted by Gasteiger charge is -2.08. The lowest BCUT2D eigenvalue weighted by atomic mass is 10.1. The van der Waals surface area contributed by atoms with Crippen molar-refractivity contribution in [3.05, 3.63) is 0 Å². The smallest absolute Gasteiger partial charge is 0.309 e. The molecule has 0 aliphatic rings. The van der Waals surface area contributed by atoms with Crippen LogP contribution in [-0.4, -0.2) is 36.1 Å². The highest BCUT2D eigenvalue weighted by Gasteiger charge is 2.12. The molecule has 0 radical (unpaired) electrons. The van der Waals surface area contributed by atoms with Gasteiger partial charge >= 0.3 is 11.8 Å². The number of nitrogens with one attached hydrogen (secondary N) is 2. The van der Waals surface area contributed by atoms with Crippen LogP contribution >= 0.6 is 0 Å². The molecule has 1 atom stereocenters. The summed E-state index contributed by atoms with van der Waals surface area (Å²) >= 11 is 0. The van der Waals surface area contributed by atoms with Crippen LogP contribution in [0.3, 0.4) is 0 Å². The van der Waals surface area contributed by atoms with E-state index in [9.17, 15) is 9.59 Å². The van der Waals surface area contributed by atoms with E-state index < -0.39 is 17.9 Å². The molecule has 2 amide bonds. The lowest BCUT2D eigenvalue weighted by Crippen LogP contribution is -2.42. The van der Waals surface area contributed by atoms with Crippen molar-refractivity contribution < 1.29 is 14.7 Å². The van der Waals surface area contributed by atoms with Gasteiger partial charge in [-0.2, -0.15) is 0 Å². The zero-order chi connectivity index (χ0) is 11.8. The third-order valence-electron chi connectivity index (χ3n) is 1.77. The highest BCUT2D eigenvalue weighted by molar-refractivity contribution is 6.35. The van der Waals surface area contributed by atoms with Gasteiger partial charge < -0.3 is 15.7 Å². The van der Waals surface area contributed by atoms with Gasteiger partial charge in [0.1, 0.15) is 0 Å². The fourth-order valence-electron chi connectivity index (χ4n) is 0.875. The van der Waals surface area contributed by atoms with Gasteiger partial charge in [0.25, 0.3) is 0 Å². The summed E-state index contributed by atoms with van der Waals surface area (Å²) in [6.07, 6.45) is 0.201. The molecule has 15 heavy (non-hydrogen) atoms. The van der Waals surface area contributed by atoms with Crippen molar-refractivity contribution >= 4 is 11.8 Å². The Hall–Kier alpha value is -1.10. The predicted octanol–water partition coefficient (Wildman–Crippen LogP) is -0.354. The highest BCUT2D eigenvalue weighted by atomic mass is 16.3. The third kappa shape index (κ3) is 7.93. The molecule has 1 unspecified atom stereocenters. The van der Waals surface area contributed by atoms with E-state index in [-0.39, 0.29) is 6.54 Å². The van der Waals surface area contributed by atoms with Crippen molar-refractivity contribution in [2.75, 3.05) is 13.1 Å². The molecule has 0 aromatic heterocycles. The molecular weight excluding hydrogens is 196 g/mol. The fraction of sp³-hybridized carbons (Fsp3) is 0.800. The van der Waals surface area contributed by atoms with Crippen molar-refractivity contribution in [3.8, 4) is 0 Å². The number of rotatable bonds is 5. The van der Waals surface area contributed by atoms with Crippen LogP contribution in [0, 0.1) is 5.92 Å². The summed E-state index contributed by atoms with van der Waals surface area (Å²) in [5, 5.41) is 13.7. The van der Waals surface area contributed by atoms with Crippen LogP contribution in [-0.2, 0) is 9.59 Å². The maximum Gasteiger partial charge on any atom is 0.309 e. The topological polar surface area (TPSA) is 78.4 Å². The first kappa shape index (κ1) is 13.9. The highest BCUT2D eigenvalue weighted by Crippen LogP contribution is 1.95. The predicted molar refractivity (Wildman–Crippen MR) is 57.2 cm³/mol. The van der Waals surface area contributed by atoms with E-state index in [2.05, 4.69) is 10.6 Å². The largest absolute Gasteiger partial charge is 0.392 e. The Bertz CT molecular complexity index is 215. The fourth-order valence-corrected chi connectivity index (χ4v) is 0.875.